The summed E-state index contributed by atoms with van der Waals surface area (Å²) in [6.07, 6.45) is -0.872. The van der Waals surface area contributed by atoms with Gasteiger partial charge in [0, 0.05) is 20.2 Å². The molecule has 1 aliphatic rings. The number of amides is 1. The molecule has 0 aromatic carbocycles. The Morgan fingerprint density at radius 2 is 2.31 bits per heavy atom. The summed E-state index contributed by atoms with van der Waals surface area (Å²) in [6.45, 7) is 2.36. The second kappa shape index (κ2) is 4.26. The van der Waals surface area contributed by atoms with Crippen molar-refractivity contribution in [1.29, 1.82) is 0 Å². The second-order valence-electron chi connectivity index (χ2n) is 3.20. The molecule has 0 aromatic rings. The zero-order valence-corrected chi connectivity index (χ0v) is 8.49. The van der Waals surface area contributed by atoms with E-state index in [1.807, 2.05) is 0 Å². The van der Waals surface area contributed by atoms with E-state index in [1.54, 1.807) is 6.92 Å². The Labute approximate surface area is 82.4 Å². The number of alkyl halides is 1. The predicted octanol–water partition coefficient (Wildman–Crippen LogP) is -0.168. The van der Waals surface area contributed by atoms with Gasteiger partial charge < -0.3 is 14.7 Å². The van der Waals surface area contributed by atoms with Crippen LogP contribution in [-0.2, 0) is 9.53 Å². The van der Waals surface area contributed by atoms with Crippen molar-refractivity contribution in [2.75, 3.05) is 20.2 Å². The molecule has 13 heavy (non-hydrogen) atoms. The molecular weight excluding hydrogens is 194 g/mol. The fourth-order valence-electron chi connectivity index (χ4n) is 1.42. The molecule has 5 heteroatoms. The first-order valence-electron chi connectivity index (χ1n) is 4.20. The Hall–Kier alpha value is -0.320. The molecule has 1 N–H and O–H groups in total. The number of aliphatic hydroxyl groups is 1. The standard InChI is InChI=1S/C8H14ClNO3/c1-5(9)8(12)10-3-6(11)7(4-10)13-2/h5-7,11H,3-4H2,1-2H3/t5-,6+,7-/m1/s1. The maximum atomic E-state index is 11.4. The van der Waals surface area contributed by atoms with E-state index in [0.717, 1.165) is 0 Å². The summed E-state index contributed by atoms with van der Waals surface area (Å²) in [5.74, 6) is -0.153. The van der Waals surface area contributed by atoms with E-state index in [1.165, 1.54) is 12.0 Å². The molecule has 4 nitrogen and oxygen atoms in total. The molecular formula is C8H14ClNO3. The van der Waals surface area contributed by atoms with Crippen LogP contribution in [0.4, 0.5) is 0 Å². The van der Waals surface area contributed by atoms with Gasteiger partial charge in [-0.15, -0.1) is 11.6 Å². The van der Waals surface area contributed by atoms with Crippen LogP contribution in [0.2, 0.25) is 0 Å². The second-order valence-corrected chi connectivity index (χ2v) is 3.86. The summed E-state index contributed by atoms with van der Waals surface area (Å²) in [5, 5.41) is 8.89. The number of β-amino-alcohol motifs (C(OH)–C–C–N with tert-alkyl or cyclic N) is 1. The van der Waals surface area contributed by atoms with Crippen molar-refractivity contribution in [3.8, 4) is 0 Å². The van der Waals surface area contributed by atoms with Gasteiger partial charge in [-0.1, -0.05) is 0 Å². The zero-order chi connectivity index (χ0) is 10.0. The topological polar surface area (TPSA) is 49.8 Å². The fraction of sp³-hybridized carbons (Fsp3) is 0.875. The number of halogens is 1. The number of rotatable bonds is 2. The number of nitrogens with zero attached hydrogens (tertiary/aromatic N) is 1. The van der Waals surface area contributed by atoms with E-state index in [9.17, 15) is 9.90 Å². The minimum Gasteiger partial charge on any atom is -0.388 e. The quantitative estimate of drug-likeness (QED) is 0.640. The average Bonchev–Trinajstić information content (AvgIpc) is 2.45. The van der Waals surface area contributed by atoms with Crippen molar-refractivity contribution in [3.05, 3.63) is 0 Å². The molecule has 1 aliphatic heterocycles. The van der Waals surface area contributed by atoms with E-state index < -0.39 is 11.5 Å². The summed E-state index contributed by atoms with van der Waals surface area (Å²) in [4.78, 5) is 12.9. The van der Waals surface area contributed by atoms with Crippen LogP contribution in [0.3, 0.4) is 0 Å². The number of hydrogen-bond donors (Lipinski definition) is 1. The molecule has 1 amide bonds. The van der Waals surface area contributed by atoms with Crippen LogP contribution in [0.25, 0.3) is 0 Å². The highest BCUT2D eigenvalue weighted by atomic mass is 35.5. The number of carbonyl (C=O) groups excluding carboxylic acids is 1. The highest BCUT2D eigenvalue weighted by Crippen LogP contribution is 2.15. The molecule has 0 bridgehead atoms. The van der Waals surface area contributed by atoms with Crippen LogP contribution in [0.5, 0.6) is 0 Å². The number of carbonyl (C=O) groups is 1. The lowest BCUT2D eigenvalue weighted by Gasteiger charge is -2.16. The van der Waals surface area contributed by atoms with Crippen LogP contribution < -0.4 is 0 Å². The zero-order valence-electron chi connectivity index (χ0n) is 7.74. The Morgan fingerprint density at radius 1 is 1.69 bits per heavy atom. The van der Waals surface area contributed by atoms with Gasteiger partial charge in [0.1, 0.15) is 11.5 Å². The van der Waals surface area contributed by atoms with Gasteiger partial charge in [0.15, 0.2) is 0 Å². The summed E-state index contributed by atoms with van der Waals surface area (Å²) in [5.41, 5.74) is 0. The largest absolute Gasteiger partial charge is 0.388 e. The molecule has 3 atom stereocenters. The number of ether oxygens (including phenoxy) is 1. The molecule has 0 aliphatic carbocycles. The van der Waals surface area contributed by atoms with Crippen LogP contribution in [0.15, 0.2) is 0 Å². The number of aliphatic hydroxyl groups excluding tert-OH is 1. The van der Waals surface area contributed by atoms with Crippen LogP contribution >= 0.6 is 11.6 Å². The van der Waals surface area contributed by atoms with E-state index in [-0.39, 0.29) is 12.0 Å². The minimum atomic E-state index is -0.593. The third kappa shape index (κ3) is 2.33. The van der Waals surface area contributed by atoms with Crippen molar-refractivity contribution >= 4 is 17.5 Å². The van der Waals surface area contributed by atoms with Gasteiger partial charge in [0.05, 0.1) is 6.10 Å². The maximum Gasteiger partial charge on any atom is 0.240 e. The summed E-state index contributed by atoms with van der Waals surface area (Å²) < 4.78 is 5.00. The summed E-state index contributed by atoms with van der Waals surface area (Å²) in [6, 6.07) is 0. The lowest BCUT2D eigenvalue weighted by molar-refractivity contribution is -0.130. The van der Waals surface area contributed by atoms with Crippen molar-refractivity contribution in [2.45, 2.75) is 24.5 Å². The van der Waals surface area contributed by atoms with E-state index >= 15 is 0 Å². The highest BCUT2D eigenvalue weighted by molar-refractivity contribution is 6.30. The van der Waals surface area contributed by atoms with E-state index in [2.05, 4.69) is 0 Å². The minimum absolute atomic E-state index is 0.153. The van der Waals surface area contributed by atoms with Crippen LogP contribution in [-0.4, -0.2) is 53.7 Å². The maximum absolute atomic E-state index is 11.4. The van der Waals surface area contributed by atoms with Crippen molar-refractivity contribution in [1.82, 2.24) is 4.90 Å². The number of methoxy groups -OCH3 is 1. The van der Waals surface area contributed by atoms with Crippen molar-refractivity contribution in [2.24, 2.45) is 0 Å². The molecule has 1 heterocycles. The monoisotopic (exact) mass is 207 g/mol. The normalized spacial score (nSPS) is 30.6. The Balaban J connectivity index is 2.53. The average molecular weight is 208 g/mol. The number of hydrogen-bond acceptors (Lipinski definition) is 3. The number of likely N-dealkylation sites (tertiary alicyclic amines) is 1. The highest BCUT2D eigenvalue weighted by Gasteiger charge is 2.34. The third-order valence-electron chi connectivity index (χ3n) is 2.19. The predicted molar refractivity (Wildman–Crippen MR) is 48.7 cm³/mol. The molecule has 1 saturated heterocycles. The van der Waals surface area contributed by atoms with Gasteiger partial charge in [-0.2, -0.15) is 0 Å². The molecule has 0 radical (unpaired) electrons. The van der Waals surface area contributed by atoms with Gasteiger partial charge in [-0.25, -0.2) is 0 Å². The summed E-state index contributed by atoms with van der Waals surface area (Å²) >= 11 is 5.63. The van der Waals surface area contributed by atoms with Crippen LogP contribution in [0.1, 0.15) is 6.92 Å². The smallest absolute Gasteiger partial charge is 0.240 e. The van der Waals surface area contributed by atoms with E-state index in [4.69, 9.17) is 16.3 Å². The van der Waals surface area contributed by atoms with Gasteiger partial charge in [0.2, 0.25) is 5.91 Å². The first-order chi connectivity index (χ1) is 6.06. The first kappa shape index (κ1) is 10.8. The lowest BCUT2D eigenvalue weighted by Crippen LogP contribution is -2.34. The molecule has 0 unspecified atom stereocenters. The molecule has 1 fully saturated rings. The molecule has 76 valence electrons. The van der Waals surface area contributed by atoms with Gasteiger partial charge in [0.25, 0.3) is 0 Å². The Bertz CT molecular complexity index is 198. The molecule has 1 rings (SSSR count). The fourth-order valence-corrected chi connectivity index (χ4v) is 1.56. The Morgan fingerprint density at radius 3 is 2.69 bits per heavy atom. The van der Waals surface area contributed by atoms with Crippen LogP contribution in [0, 0.1) is 0 Å². The first-order valence-corrected chi connectivity index (χ1v) is 4.63. The summed E-state index contributed by atoms with van der Waals surface area (Å²) in [7, 11) is 1.52. The molecule has 0 aromatic heterocycles. The molecule has 0 saturated carbocycles. The van der Waals surface area contributed by atoms with E-state index in [0.29, 0.717) is 13.1 Å². The van der Waals surface area contributed by atoms with Crippen molar-refractivity contribution in [3.63, 3.8) is 0 Å². The lowest BCUT2D eigenvalue weighted by atomic mass is 10.3. The van der Waals surface area contributed by atoms with Gasteiger partial charge in [-0.3, -0.25) is 4.79 Å². The third-order valence-corrected chi connectivity index (χ3v) is 2.38. The Kier molecular flexibility index (Phi) is 3.53. The van der Waals surface area contributed by atoms with Crippen molar-refractivity contribution < 1.29 is 14.6 Å². The van der Waals surface area contributed by atoms with Gasteiger partial charge in [-0.05, 0) is 6.92 Å². The molecule has 0 spiro atoms. The van der Waals surface area contributed by atoms with Gasteiger partial charge >= 0.3 is 0 Å². The SMILES string of the molecule is CO[C@@H]1CN(C(=O)[C@@H](C)Cl)C[C@@H]1O.